The number of esters is 1. The van der Waals surface area contributed by atoms with Gasteiger partial charge in [-0.25, -0.2) is 9.48 Å². The van der Waals surface area contributed by atoms with E-state index in [1.165, 1.54) is 4.68 Å². The molecule has 0 aliphatic carbocycles. The number of pyridine rings is 1. The summed E-state index contributed by atoms with van der Waals surface area (Å²) in [7, 11) is 0. The van der Waals surface area contributed by atoms with Crippen LogP contribution in [0.1, 0.15) is 47.8 Å². The van der Waals surface area contributed by atoms with Gasteiger partial charge in [-0.3, -0.25) is 4.79 Å². The zero-order chi connectivity index (χ0) is 21.8. The first-order valence-electron chi connectivity index (χ1n) is 10.3. The Morgan fingerprint density at radius 3 is 2.68 bits per heavy atom. The predicted molar refractivity (Wildman–Crippen MR) is 117 cm³/mol. The first-order valence-corrected chi connectivity index (χ1v) is 10.3. The fourth-order valence-corrected chi connectivity index (χ4v) is 3.68. The van der Waals surface area contributed by atoms with Gasteiger partial charge in [0.25, 0.3) is 5.56 Å². The molecule has 0 aliphatic heterocycles. The van der Waals surface area contributed by atoms with Gasteiger partial charge in [-0.2, -0.15) is 10.4 Å². The van der Waals surface area contributed by atoms with Gasteiger partial charge in [0, 0.05) is 29.9 Å². The molecule has 0 fully saturated rings. The molecule has 0 spiro atoms. The lowest BCUT2D eigenvalue weighted by Crippen LogP contribution is -2.26. The Labute approximate surface area is 179 Å². The topological polar surface area (TPSA) is 89.4 Å². The van der Waals surface area contributed by atoms with Crippen molar-refractivity contribution in [2.45, 2.75) is 39.3 Å². The van der Waals surface area contributed by atoms with Crippen LogP contribution in [0.4, 0.5) is 0 Å². The van der Waals surface area contributed by atoms with Crippen molar-refractivity contribution >= 4 is 22.3 Å². The Morgan fingerprint density at radius 2 is 1.90 bits per heavy atom. The van der Waals surface area contributed by atoms with Gasteiger partial charge in [-0.1, -0.05) is 44.0 Å². The van der Waals surface area contributed by atoms with Crippen molar-refractivity contribution < 1.29 is 9.53 Å². The van der Waals surface area contributed by atoms with Crippen molar-refractivity contribution in [2.75, 3.05) is 0 Å². The van der Waals surface area contributed by atoms with Gasteiger partial charge < -0.3 is 9.14 Å². The van der Waals surface area contributed by atoms with E-state index in [9.17, 15) is 14.9 Å². The van der Waals surface area contributed by atoms with Gasteiger partial charge in [0.2, 0.25) is 0 Å². The number of ether oxygens (including phenoxy) is 1. The van der Waals surface area contributed by atoms with Crippen LogP contribution in [0.2, 0.25) is 0 Å². The summed E-state index contributed by atoms with van der Waals surface area (Å²) >= 11 is 0. The number of nitrogens with zero attached hydrogens (tertiary/aromatic N) is 4. The Kier molecular flexibility index (Phi) is 5.80. The highest BCUT2D eigenvalue weighted by molar-refractivity contribution is 6.02. The van der Waals surface area contributed by atoms with E-state index in [1.54, 1.807) is 30.5 Å². The standard InChI is InChI=1S/C24H22N4O3/c1-2-3-7-13-28-23(29)19-10-5-4-9-18(19)22(26-28)24(30)31-16-17-15-27-12-8-6-11-21(27)20(17)14-25/h4-6,8-12,15H,2-3,7,13,16H2,1H3. The van der Waals surface area contributed by atoms with Gasteiger partial charge in [0.05, 0.1) is 16.5 Å². The minimum Gasteiger partial charge on any atom is -0.456 e. The van der Waals surface area contributed by atoms with Crippen LogP contribution in [0.3, 0.4) is 0 Å². The molecule has 3 heterocycles. The SMILES string of the molecule is CCCCCn1nc(C(=O)OCc2cn3ccccc3c2C#N)c2ccccc2c1=O. The lowest BCUT2D eigenvalue weighted by molar-refractivity contribution is 0.0465. The number of hydrogen-bond acceptors (Lipinski definition) is 5. The largest absolute Gasteiger partial charge is 0.456 e. The van der Waals surface area contributed by atoms with Crippen molar-refractivity contribution in [1.29, 1.82) is 5.26 Å². The van der Waals surface area contributed by atoms with E-state index in [-0.39, 0.29) is 17.9 Å². The maximum atomic E-state index is 13.0. The molecular weight excluding hydrogens is 392 g/mol. The number of aromatic nitrogens is 3. The zero-order valence-corrected chi connectivity index (χ0v) is 17.2. The van der Waals surface area contributed by atoms with Crippen molar-refractivity contribution in [1.82, 2.24) is 14.2 Å². The molecule has 0 atom stereocenters. The van der Waals surface area contributed by atoms with Gasteiger partial charge >= 0.3 is 5.97 Å². The van der Waals surface area contributed by atoms with Gasteiger partial charge in [-0.05, 0) is 24.6 Å². The lowest BCUT2D eigenvalue weighted by Gasteiger charge is -2.10. The molecule has 0 amide bonds. The van der Waals surface area contributed by atoms with E-state index in [1.807, 2.05) is 28.8 Å². The number of unbranched alkanes of at least 4 members (excludes halogenated alkanes) is 2. The molecule has 0 aliphatic rings. The predicted octanol–water partition coefficient (Wildman–Crippen LogP) is 4.07. The average molecular weight is 414 g/mol. The summed E-state index contributed by atoms with van der Waals surface area (Å²) in [6.45, 7) is 2.47. The molecule has 3 aromatic heterocycles. The second-order valence-corrected chi connectivity index (χ2v) is 7.34. The Hall–Kier alpha value is -3.92. The summed E-state index contributed by atoms with van der Waals surface area (Å²) in [6.07, 6.45) is 6.41. The van der Waals surface area contributed by atoms with Crippen LogP contribution in [-0.2, 0) is 17.9 Å². The van der Waals surface area contributed by atoms with Crippen LogP contribution in [0.15, 0.2) is 59.7 Å². The molecule has 4 aromatic rings. The fourth-order valence-electron chi connectivity index (χ4n) is 3.68. The molecule has 7 nitrogen and oxygen atoms in total. The Morgan fingerprint density at radius 1 is 1.13 bits per heavy atom. The molecule has 31 heavy (non-hydrogen) atoms. The van der Waals surface area contributed by atoms with E-state index in [0.717, 1.165) is 24.8 Å². The minimum atomic E-state index is -0.625. The number of carbonyl (C=O) groups is 1. The van der Waals surface area contributed by atoms with Crippen LogP contribution in [0, 0.1) is 11.3 Å². The smallest absolute Gasteiger partial charge is 0.359 e. The molecular formula is C24H22N4O3. The molecule has 0 N–H and O–H groups in total. The highest BCUT2D eigenvalue weighted by Gasteiger charge is 2.19. The van der Waals surface area contributed by atoms with Crippen molar-refractivity contribution in [3.8, 4) is 6.07 Å². The quantitative estimate of drug-likeness (QED) is 0.336. The van der Waals surface area contributed by atoms with E-state index in [4.69, 9.17) is 4.74 Å². The van der Waals surface area contributed by atoms with E-state index in [2.05, 4.69) is 18.1 Å². The average Bonchev–Trinajstić information content (AvgIpc) is 3.16. The highest BCUT2D eigenvalue weighted by Crippen LogP contribution is 2.20. The molecule has 0 saturated carbocycles. The molecule has 0 radical (unpaired) electrons. The summed E-state index contributed by atoms with van der Waals surface area (Å²) < 4.78 is 8.71. The second kappa shape index (κ2) is 8.84. The van der Waals surface area contributed by atoms with E-state index >= 15 is 0 Å². The number of hydrogen-bond donors (Lipinski definition) is 0. The maximum absolute atomic E-state index is 13.0. The summed E-state index contributed by atoms with van der Waals surface area (Å²) in [6, 6.07) is 14.7. The monoisotopic (exact) mass is 414 g/mol. The molecule has 0 unspecified atom stereocenters. The fraction of sp³-hybridized carbons (Fsp3) is 0.250. The van der Waals surface area contributed by atoms with Crippen molar-refractivity contribution in [3.05, 3.63) is 82.0 Å². The van der Waals surface area contributed by atoms with Crippen LogP contribution >= 0.6 is 0 Å². The second-order valence-electron chi connectivity index (χ2n) is 7.34. The Bertz CT molecular complexity index is 1360. The van der Waals surface area contributed by atoms with E-state index in [0.29, 0.717) is 28.4 Å². The van der Waals surface area contributed by atoms with Gasteiger partial charge in [0.1, 0.15) is 12.7 Å². The van der Waals surface area contributed by atoms with Gasteiger partial charge in [0.15, 0.2) is 5.69 Å². The molecule has 156 valence electrons. The number of rotatable bonds is 7. The maximum Gasteiger partial charge on any atom is 0.359 e. The summed E-state index contributed by atoms with van der Waals surface area (Å²) in [5.74, 6) is -0.625. The van der Waals surface area contributed by atoms with Crippen molar-refractivity contribution in [2.24, 2.45) is 0 Å². The number of fused-ring (bicyclic) bond motifs is 2. The van der Waals surface area contributed by atoms with Gasteiger partial charge in [-0.15, -0.1) is 0 Å². The molecule has 0 saturated heterocycles. The van der Waals surface area contributed by atoms with Crippen molar-refractivity contribution in [3.63, 3.8) is 0 Å². The van der Waals surface area contributed by atoms with Crippen LogP contribution in [0.5, 0.6) is 0 Å². The third-order valence-corrected chi connectivity index (χ3v) is 5.27. The number of carbonyl (C=O) groups excluding carboxylic acids is 1. The first-order chi connectivity index (χ1) is 15.1. The summed E-state index contributed by atoms with van der Waals surface area (Å²) in [4.78, 5) is 25.7. The third kappa shape index (κ3) is 3.92. The molecule has 0 bridgehead atoms. The van der Waals surface area contributed by atoms with Crippen LogP contribution < -0.4 is 5.56 Å². The highest BCUT2D eigenvalue weighted by atomic mass is 16.5. The summed E-state index contributed by atoms with van der Waals surface area (Å²) in [5, 5.41) is 14.8. The zero-order valence-electron chi connectivity index (χ0n) is 17.2. The third-order valence-electron chi connectivity index (χ3n) is 5.27. The number of benzene rings is 1. The van der Waals surface area contributed by atoms with E-state index < -0.39 is 5.97 Å². The molecule has 7 heteroatoms. The first kappa shape index (κ1) is 20.4. The minimum absolute atomic E-state index is 0.0611. The number of nitriles is 1. The normalized spacial score (nSPS) is 11.0. The lowest BCUT2D eigenvalue weighted by atomic mass is 10.1. The Balaban J connectivity index is 1.66. The van der Waals surface area contributed by atoms with Crippen LogP contribution in [-0.4, -0.2) is 20.2 Å². The molecule has 1 aromatic carbocycles. The van der Waals surface area contributed by atoms with Crippen LogP contribution in [0.25, 0.3) is 16.3 Å². The number of aryl methyl sites for hydroxylation is 1. The summed E-state index contributed by atoms with van der Waals surface area (Å²) in [5.41, 5.74) is 1.73. The molecule has 4 rings (SSSR count).